The molecule has 2 atom stereocenters. The van der Waals surface area contributed by atoms with Crippen LogP contribution in [0.25, 0.3) is 0 Å². The zero-order chi connectivity index (χ0) is 19.7. The van der Waals surface area contributed by atoms with Gasteiger partial charge in [0.05, 0.1) is 29.9 Å². The molecular weight excluding hydrogens is 385 g/mol. The van der Waals surface area contributed by atoms with E-state index in [1.54, 1.807) is 4.90 Å². The second-order valence-corrected chi connectivity index (χ2v) is 7.79. The number of rotatable bonds is 3. The van der Waals surface area contributed by atoms with Gasteiger partial charge in [-0.2, -0.15) is 5.10 Å². The highest BCUT2D eigenvalue weighted by atomic mass is 35.5. The summed E-state index contributed by atoms with van der Waals surface area (Å²) in [6.45, 7) is 1.56. The van der Waals surface area contributed by atoms with Crippen LogP contribution in [-0.2, 0) is 13.1 Å². The number of nitrogens with one attached hydrogen (secondary N) is 2. The second-order valence-electron chi connectivity index (χ2n) is 7.39. The van der Waals surface area contributed by atoms with Crippen LogP contribution in [-0.4, -0.2) is 44.5 Å². The van der Waals surface area contributed by atoms with Gasteiger partial charge in [0.1, 0.15) is 11.6 Å². The van der Waals surface area contributed by atoms with Gasteiger partial charge < -0.3 is 20.6 Å². The van der Waals surface area contributed by atoms with Crippen LogP contribution < -0.4 is 10.6 Å². The predicted molar refractivity (Wildman–Crippen MR) is 105 cm³/mol. The lowest BCUT2D eigenvalue weighted by molar-refractivity contribution is 0.124. The molecule has 2 aliphatic rings. The van der Waals surface area contributed by atoms with Crippen LogP contribution in [0.3, 0.4) is 0 Å². The highest BCUT2D eigenvalue weighted by Crippen LogP contribution is 2.24. The van der Waals surface area contributed by atoms with E-state index in [0.717, 1.165) is 37.2 Å². The molecule has 0 unspecified atom stereocenters. The van der Waals surface area contributed by atoms with Gasteiger partial charge in [0.25, 0.3) is 0 Å². The van der Waals surface area contributed by atoms with Gasteiger partial charge in [-0.25, -0.2) is 9.18 Å². The highest BCUT2D eigenvalue weighted by molar-refractivity contribution is 6.31. The first kappa shape index (κ1) is 19.0. The van der Waals surface area contributed by atoms with Crippen molar-refractivity contribution in [3.63, 3.8) is 0 Å². The molecule has 0 spiro atoms. The number of benzene rings is 1. The Kier molecular flexibility index (Phi) is 5.41. The van der Waals surface area contributed by atoms with E-state index >= 15 is 0 Å². The van der Waals surface area contributed by atoms with Crippen LogP contribution in [0.1, 0.15) is 31.4 Å². The summed E-state index contributed by atoms with van der Waals surface area (Å²) in [7, 11) is 0. The monoisotopic (exact) mass is 407 g/mol. The summed E-state index contributed by atoms with van der Waals surface area (Å²) >= 11 is 5.77. The third-order valence-corrected chi connectivity index (χ3v) is 5.54. The van der Waals surface area contributed by atoms with E-state index in [9.17, 15) is 14.3 Å². The number of carbonyl (C=O) groups is 1. The molecule has 9 heteroatoms. The maximum absolute atomic E-state index is 13.3. The second kappa shape index (κ2) is 7.97. The molecule has 0 bridgehead atoms. The maximum atomic E-state index is 13.3. The Bertz CT molecular complexity index is 874. The number of urea groups is 1. The van der Waals surface area contributed by atoms with E-state index < -0.39 is 5.82 Å². The normalized spacial score (nSPS) is 21.9. The fourth-order valence-electron chi connectivity index (χ4n) is 3.79. The van der Waals surface area contributed by atoms with E-state index in [-0.39, 0.29) is 23.2 Å². The number of carbonyl (C=O) groups excluding carboxylic acids is 1. The van der Waals surface area contributed by atoms with Gasteiger partial charge in [0.2, 0.25) is 0 Å². The van der Waals surface area contributed by atoms with Crippen LogP contribution in [0.2, 0.25) is 5.02 Å². The third-order valence-electron chi connectivity index (χ3n) is 5.25. The smallest absolute Gasteiger partial charge is 0.322 e. The van der Waals surface area contributed by atoms with Gasteiger partial charge in [0.15, 0.2) is 0 Å². The molecule has 1 aromatic heterocycles. The van der Waals surface area contributed by atoms with Crippen molar-refractivity contribution in [1.82, 2.24) is 14.7 Å². The van der Waals surface area contributed by atoms with Crippen LogP contribution in [0.15, 0.2) is 24.3 Å². The lowest BCUT2D eigenvalue weighted by atomic mass is 9.93. The fraction of sp³-hybridized carbons (Fsp3) is 0.474. The van der Waals surface area contributed by atoms with Crippen LogP contribution in [0.4, 0.5) is 20.7 Å². The summed E-state index contributed by atoms with van der Waals surface area (Å²) in [4.78, 5) is 14.2. The van der Waals surface area contributed by atoms with Crippen molar-refractivity contribution in [2.45, 2.75) is 50.9 Å². The SMILES string of the molecule is O=C(Nc1ccc(F)c(Cl)c1)N1CCn2nc(N[C@@H]3CCC[C@H](O)C3)cc2C1. The Hall–Kier alpha value is -2.32. The average Bonchev–Trinajstić information content (AvgIpc) is 3.06. The minimum atomic E-state index is -0.521. The van der Waals surface area contributed by atoms with Crippen molar-refractivity contribution < 1.29 is 14.3 Å². The molecule has 7 nitrogen and oxygen atoms in total. The summed E-state index contributed by atoms with van der Waals surface area (Å²) in [6, 6.07) is 6.01. The average molecular weight is 408 g/mol. The maximum Gasteiger partial charge on any atom is 0.322 e. The Balaban J connectivity index is 1.38. The Morgan fingerprint density at radius 2 is 2.14 bits per heavy atom. The van der Waals surface area contributed by atoms with Crippen molar-refractivity contribution in [3.05, 3.63) is 40.8 Å². The molecule has 2 aromatic rings. The summed E-state index contributed by atoms with van der Waals surface area (Å²) in [5.74, 6) is 0.258. The van der Waals surface area contributed by atoms with Gasteiger partial charge in [0, 0.05) is 24.3 Å². The molecule has 0 radical (unpaired) electrons. The summed E-state index contributed by atoms with van der Waals surface area (Å²) in [5.41, 5.74) is 1.39. The van der Waals surface area contributed by atoms with Crippen LogP contribution in [0.5, 0.6) is 0 Å². The zero-order valence-electron chi connectivity index (χ0n) is 15.4. The number of fused-ring (bicyclic) bond motifs is 1. The summed E-state index contributed by atoms with van der Waals surface area (Å²) in [6.07, 6.45) is 3.38. The topological polar surface area (TPSA) is 82.4 Å². The van der Waals surface area contributed by atoms with Crippen molar-refractivity contribution in [3.8, 4) is 0 Å². The molecule has 0 saturated heterocycles. The number of anilines is 2. The number of aliphatic hydroxyl groups excluding tert-OH is 1. The lowest BCUT2D eigenvalue weighted by Gasteiger charge is -2.27. The van der Waals surface area contributed by atoms with Gasteiger partial charge in [-0.3, -0.25) is 4.68 Å². The first-order valence-corrected chi connectivity index (χ1v) is 9.88. The van der Waals surface area contributed by atoms with Crippen molar-refractivity contribution in [1.29, 1.82) is 0 Å². The Morgan fingerprint density at radius 1 is 1.29 bits per heavy atom. The van der Waals surface area contributed by atoms with Gasteiger partial charge in [-0.1, -0.05) is 11.6 Å². The largest absolute Gasteiger partial charge is 0.393 e. The number of aliphatic hydroxyl groups is 1. The highest BCUT2D eigenvalue weighted by Gasteiger charge is 2.25. The molecule has 1 aliphatic heterocycles. The van der Waals surface area contributed by atoms with Gasteiger partial charge in [-0.05, 0) is 43.9 Å². The molecule has 1 saturated carbocycles. The molecule has 2 heterocycles. The van der Waals surface area contributed by atoms with Crippen molar-refractivity contribution >= 4 is 29.1 Å². The molecule has 2 amide bonds. The van der Waals surface area contributed by atoms with Crippen molar-refractivity contribution in [2.75, 3.05) is 17.2 Å². The third kappa shape index (κ3) is 4.23. The van der Waals surface area contributed by atoms with Crippen molar-refractivity contribution in [2.24, 2.45) is 0 Å². The molecule has 3 N–H and O–H groups in total. The standard InChI is InChI=1S/C19H23ClFN5O2/c20-16-9-13(4-5-17(16)21)23-19(28)25-6-7-26-14(11-25)10-18(24-26)22-12-2-1-3-15(27)8-12/h4-5,9-10,12,15,27H,1-3,6-8,11H2,(H,22,24)(H,23,28)/t12-,15+/m1/s1. The first-order valence-electron chi connectivity index (χ1n) is 9.50. The van der Waals surface area contributed by atoms with Crippen LogP contribution in [0, 0.1) is 5.82 Å². The molecule has 150 valence electrons. The lowest BCUT2D eigenvalue weighted by Crippen LogP contribution is -2.40. The molecular formula is C19H23ClFN5O2. The zero-order valence-corrected chi connectivity index (χ0v) is 16.1. The summed E-state index contributed by atoms with van der Waals surface area (Å²) < 4.78 is 15.2. The number of halogens is 2. The Morgan fingerprint density at radius 3 is 2.93 bits per heavy atom. The molecule has 1 aliphatic carbocycles. The molecule has 28 heavy (non-hydrogen) atoms. The summed E-state index contributed by atoms with van der Waals surface area (Å²) in [5, 5.41) is 20.5. The first-order chi connectivity index (χ1) is 13.5. The number of amides is 2. The minimum Gasteiger partial charge on any atom is -0.393 e. The van der Waals surface area contributed by atoms with E-state index in [4.69, 9.17) is 11.6 Å². The quantitative estimate of drug-likeness (QED) is 0.727. The number of hydrogen-bond donors (Lipinski definition) is 3. The van der Waals surface area contributed by atoms with Crippen LogP contribution >= 0.6 is 11.6 Å². The van der Waals surface area contributed by atoms with Gasteiger partial charge >= 0.3 is 6.03 Å². The van der Waals surface area contributed by atoms with E-state index in [1.807, 2.05) is 10.7 Å². The van der Waals surface area contributed by atoms with Gasteiger partial charge in [-0.15, -0.1) is 0 Å². The van der Waals surface area contributed by atoms with E-state index in [1.165, 1.54) is 18.2 Å². The number of nitrogens with zero attached hydrogens (tertiary/aromatic N) is 3. The molecule has 4 rings (SSSR count). The predicted octanol–water partition coefficient (Wildman–Crippen LogP) is 3.44. The minimum absolute atomic E-state index is 0.0296. The number of aromatic nitrogens is 2. The molecule has 1 fully saturated rings. The van der Waals surface area contributed by atoms with E-state index in [0.29, 0.717) is 25.3 Å². The Labute approximate surface area is 167 Å². The fourth-order valence-corrected chi connectivity index (χ4v) is 3.97. The molecule has 1 aromatic carbocycles. The van der Waals surface area contributed by atoms with E-state index in [2.05, 4.69) is 15.7 Å². The number of hydrogen-bond acceptors (Lipinski definition) is 4.